The SMILES string of the molecule is Cc1ccc(C(=O)NCC2(c3ccc(F)cc3)CCCC2)n1C. The third-order valence-corrected chi connectivity index (χ3v) is 5.21. The van der Waals surface area contributed by atoms with Gasteiger partial charge in [-0.15, -0.1) is 0 Å². The highest BCUT2D eigenvalue weighted by atomic mass is 19.1. The molecule has 0 saturated heterocycles. The zero-order chi connectivity index (χ0) is 16.4. The molecule has 1 aromatic heterocycles. The third-order valence-electron chi connectivity index (χ3n) is 5.21. The quantitative estimate of drug-likeness (QED) is 0.917. The van der Waals surface area contributed by atoms with Gasteiger partial charge in [0.1, 0.15) is 11.5 Å². The molecule has 2 aromatic rings. The van der Waals surface area contributed by atoms with Crippen LogP contribution in [0.4, 0.5) is 4.39 Å². The van der Waals surface area contributed by atoms with Gasteiger partial charge in [-0.3, -0.25) is 4.79 Å². The van der Waals surface area contributed by atoms with E-state index in [0.717, 1.165) is 36.9 Å². The number of nitrogens with zero attached hydrogens (tertiary/aromatic N) is 1. The summed E-state index contributed by atoms with van der Waals surface area (Å²) in [6.45, 7) is 2.58. The molecule has 1 amide bonds. The molecule has 1 aromatic carbocycles. The Morgan fingerprint density at radius 3 is 2.39 bits per heavy atom. The van der Waals surface area contributed by atoms with E-state index in [4.69, 9.17) is 0 Å². The number of carbonyl (C=O) groups excluding carboxylic acids is 1. The number of halogens is 1. The third kappa shape index (κ3) is 3.03. The number of carbonyl (C=O) groups is 1. The summed E-state index contributed by atoms with van der Waals surface area (Å²) < 4.78 is 15.1. The number of rotatable bonds is 4. The standard InChI is InChI=1S/C19H23FN2O/c1-14-5-10-17(22(14)2)18(23)21-13-19(11-3-4-12-19)15-6-8-16(20)9-7-15/h5-10H,3-4,11-13H2,1-2H3,(H,21,23). The molecule has 23 heavy (non-hydrogen) atoms. The highest BCUT2D eigenvalue weighted by Gasteiger charge is 2.36. The summed E-state index contributed by atoms with van der Waals surface area (Å²) >= 11 is 0. The van der Waals surface area contributed by atoms with Gasteiger partial charge in [0.25, 0.3) is 5.91 Å². The van der Waals surface area contributed by atoms with Crippen molar-refractivity contribution in [3.8, 4) is 0 Å². The summed E-state index contributed by atoms with van der Waals surface area (Å²) in [6.07, 6.45) is 4.36. The normalized spacial score (nSPS) is 16.5. The summed E-state index contributed by atoms with van der Waals surface area (Å²) in [6, 6.07) is 10.5. The molecule has 1 N–H and O–H groups in total. The fourth-order valence-corrected chi connectivity index (χ4v) is 3.60. The van der Waals surface area contributed by atoms with Crippen molar-refractivity contribution >= 4 is 5.91 Å². The van der Waals surface area contributed by atoms with Crippen molar-refractivity contribution in [2.24, 2.45) is 7.05 Å². The number of aromatic nitrogens is 1. The molecule has 4 heteroatoms. The highest BCUT2D eigenvalue weighted by Crippen LogP contribution is 2.40. The average molecular weight is 314 g/mol. The molecular formula is C19H23FN2O. The first kappa shape index (κ1) is 15.8. The lowest BCUT2D eigenvalue weighted by Gasteiger charge is -2.30. The van der Waals surface area contributed by atoms with E-state index in [1.807, 2.05) is 42.8 Å². The second kappa shape index (κ2) is 6.19. The predicted molar refractivity (Wildman–Crippen MR) is 89.0 cm³/mol. The molecule has 0 bridgehead atoms. The Hall–Kier alpha value is -2.10. The zero-order valence-corrected chi connectivity index (χ0v) is 13.7. The summed E-state index contributed by atoms with van der Waals surface area (Å²) in [7, 11) is 1.90. The van der Waals surface area contributed by atoms with Crippen LogP contribution in [0.5, 0.6) is 0 Å². The predicted octanol–water partition coefficient (Wildman–Crippen LogP) is 3.71. The van der Waals surface area contributed by atoms with E-state index in [0.29, 0.717) is 12.2 Å². The fourth-order valence-electron chi connectivity index (χ4n) is 3.60. The second-order valence-corrected chi connectivity index (χ2v) is 6.60. The first-order chi connectivity index (χ1) is 11.0. The number of hydrogen-bond donors (Lipinski definition) is 1. The first-order valence-electron chi connectivity index (χ1n) is 8.18. The maximum Gasteiger partial charge on any atom is 0.267 e. The van der Waals surface area contributed by atoms with Crippen LogP contribution in [0.3, 0.4) is 0 Å². The van der Waals surface area contributed by atoms with E-state index < -0.39 is 0 Å². The van der Waals surface area contributed by atoms with Gasteiger partial charge in [-0.05, 0) is 49.6 Å². The van der Waals surface area contributed by atoms with Gasteiger partial charge in [-0.2, -0.15) is 0 Å². The van der Waals surface area contributed by atoms with Crippen molar-refractivity contribution in [3.05, 3.63) is 59.2 Å². The molecule has 0 atom stereocenters. The molecule has 0 spiro atoms. The monoisotopic (exact) mass is 314 g/mol. The Morgan fingerprint density at radius 2 is 1.83 bits per heavy atom. The van der Waals surface area contributed by atoms with E-state index in [-0.39, 0.29) is 17.1 Å². The van der Waals surface area contributed by atoms with E-state index in [1.165, 1.54) is 12.1 Å². The molecular weight excluding hydrogens is 291 g/mol. The van der Waals surface area contributed by atoms with Crippen LogP contribution in [0.2, 0.25) is 0 Å². The Bertz CT molecular complexity index is 697. The molecule has 0 radical (unpaired) electrons. The van der Waals surface area contributed by atoms with E-state index in [2.05, 4.69) is 5.32 Å². The minimum atomic E-state index is -0.217. The van der Waals surface area contributed by atoms with Gasteiger partial charge in [0.2, 0.25) is 0 Å². The van der Waals surface area contributed by atoms with Crippen molar-refractivity contribution in [3.63, 3.8) is 0 Å². The van der Waals surface area contributed by atoms with Gasteiger partial charge in [-0.1, -0.05) is 25.0 Å². The van der Waals surface area contributed by atoms with Crippen molar-refractivity contribution < 1.29 is 9.18 Å². The van der Waals surface area contributed by atoms with Crippen molar-refractivity contribution in [1.82, 2.24) is 9.88 Å². The molecule has 1 aliphatic rings. The van der Waals surface area contributed by atoms with Gasteiger partial charge >= 0.3 is 0 Å². The Morgan fingerprint density at radius 1 is 1.17 bits per heavy atom. The maximum absolute atomic E-state index is 13.2. The number of aryl methyl sites for hydroxylation is 1. The fraction of sp³-hybridized carbons (Fsp3) is 0.421. The van der Waals surface area contributed by atoms with Crippen LogP contribution in [0.25, 0.3) is 0 Å². The Labute approximate surface area is 136 Å². The minimum Gasteiger partial charge on any atom is -0.350 e. The zero-order valence-electron chi connectivity index (χ0n) is 13.7. The summed E-state index contributed by atoms with van der Waals surface area (Å²) in [5, 5.41) is 3.10. The lowest BCUT2D eigenvalue weighted by molar-refractivity contribution is 0.0934. The average Bonchev–Trinajstić information content (AvgIpc) is 3.15. The van der Waals surface area contributed by atoms with Crippen molar-refractivity contribution in [1.29, 1.82) is 0 Å². The second-order valence-electron chi connectivity index (χ2n) is 6.60. The first-order valence-corrected chi connectivity index (χ1v) is 8.18. The summed E-state index contributed by atoms with van der Waals surface area (Å²) in [5.41, 5.74) is 2.79. The number of amides is 1. The number of nitrogens with one attached hydrogen (secondary N) is 1. The lowest BCUT2D eigenvalue weighted by Crippen LogP contribution is -2.39. The highest BCUT2D eigenvalue weighted by molar-refractivity contribution is 5.93. The van der Waals surface area contributed by atoms with Gasteiger partial charge in [0.05, 0.1) is 0 Å². The number of benzene rings is 1. The van der Waals surface area contributed by atoms with Crippen molar-refractivity contribution in [2.45, 2.75) is 38.0 Å². The largest absolute Gasteiger partial charge is 0.350 e. The molecule has 3 rings (SSSR count). The lowest BCUT2D eigenvalue weighted by atomic mass is 9.79. The van der Waals surface area contributed by atoms with E-state index >= 15 is 0 Å². The molecule has 1 aliphatic carbocycles. The molecule has 3 nitrogen and oxygen atoms in total. The molecule has 0 unspecified atom stereocenters. The summed E-state index contributed by atoms with van der Waals surface area (Å²) in [5.74, 6) is -0.265. The van der Waals surface area contributed by atoms with Crippen LogP contribution in [0.1, 0.15) is 47.4 Å². The van der Waals surface area contributed by atoms with Gasteiger partial charge in [0, 0.05) is 24.7 Å². The topological polar surface area (TPSA) is 34.0 Å². The van der Waals surface area contributed by atoms with Crippen LogP contribution in [0.15, 0.2) is 36.4 Å². The minimum absolute atomic E-state index is 0.0472. The Kier molecular flexibility index (Phi) is 4.24. The van der Waals surface area contributed by atoms with E-state index in [9.17, 15) is 9.18 Å². The molecule has 1 saturated carbocycles. The maximum atomic E-state index is 13.2. The van der Waals surface area contributed by atoms with Gasteiger partial charge in [-0.25, -0.2) is 4.39 Å². The van der Waals surface area contributed by atoms with Crippen LogP contribution in [-0.4, -0.2) is 17.0 Å². The molecule has 1 heterocycles. The van der Waals surface area contributed by atoms with Crippen LogP contribution < -0.4 is 5.32 Å². The molecule has 1 fully saturated rings. The van der Waals surface area contributed by atoms with Gasteiger partial charge in [0.15, 0.2) is 0 Å². The molecule has 122 valence electrons. The smallest absolute Gasteiger partial charge is 0.267 e. The van der Waals surface area contributed by atoms with Gasteiger partial charge < -0.3 is 9.88 Å². The van der Waals surface area contributed by atoms with E-state index in [1.54, 1.807) is 0 Å². The summed E-state index contributed by atoms with van der Waals surface area (Å²) in [4.78, 5) is 12.5. The Balaban J connectivity index is 1.77. The van der Waals surface area contributed by atoms with Crippen LogP contribution in [-0.2, 0) is 12.5 Å². The van der Waals surface area contributed by atoms with Crippen LogP contribution in [0, 0.1) is 12.7 Å². The molecule has 0 aliphatic heterocycles. The van der Waals surface area contributed by atoms with Crippen molar-refractivity contribution in [2.75, 3.05) is 6.54 Å². The number of hydrogen-bond acceptors (Lipinski definition) is 1. The van der Waals surface area contributed by atoms with Crippen LogP contribution >= 0.6 is 0 Å².